The fourth-order valence-electron chi connectivity index (χ4n) is 2.81. The molecule has 1 aliphatic carbocycles. The van der Waals surface area contributed by atoms with Crippen molar-refractivity contribution in [2.24, 2.45) is 0 Å². The van der Waals surface area contributed by atoms with Crippen LogP contribution >= 0.6 is 11.8 Å². The molecule has 2 aliphatic rings. The van der Waals surface area contributed by atoms with Gasteiger partial charge in [-0.15, -0.1) is 0 Å². The van der Waals surface area contributed by atoms with Gasteiger partial charge < -0.3 is 10.1 Å². The molecule has 0 aromatic carbocycles. The van der Waals surface area contributed by atoms with Gasteiger partial charge in [-0.3, -0.25) is 0 Å². The number of thioether (sulfide) groups is 1. The lowest BCUT2D eigenvalue weighted by atomic mass is 10.1. The van der Waals surface area contributed by atoms with Crippen molar-refractivity contribution in [1.29, 1.82) is 0 Å². The minimum atomic E-state index is 0.813. The van der Waals surface area contributed by atoms with Crippen molar-refractivity contribution in [3.63, 3.8) is 0 Å². The van der Waals surface area contributed by atoms with Gasteiger partial charge in [-0.1, -0.05) is 25.7 Å². The van der Waals surface area contributed by atoms with E-state index in [2.05, 4.69) is 17.1 Å². The highest BCUT2D eigenvalue weighted by Gasteiger charge is 2.14. The second-order valence-corrected chi connectivity index (χ2v) is 6.73. The summed E-state index contributed by atoms with van der Waals surface area (Å²) in [5.74, 6) is 1.28. The predicted octanol–water partition coefficient (Wildman–Crippen LogP) is 3.21. The van der Waals surface area contributed by atoms with E-state index in [4.69, 9.17) is 4.74 Å². The van der Waals surface area contributed by atoms with Crippen LogP contribution in [0.25, 0.3) is 0 Å². The van der Waals surface area contributed by atoms with E-state index in [9.17, 15) is 0 Å². The van der Waals surface area contributed by atoms with E-state index in [0.717, 1.165) is 24.5 Å². The topological polar surface area (TPSA) is 21.3 Å². The van der Waals surface area contributed by atoms with Crippen LogP contribution in [-0.2, 0) is 4.74 Å². The third-order valence-corrected chi connectivity index (χ3v) is 5.29. The Morgan fingerprint density at radius 1 is 0.941 bits per heavy atom. The highest BCUT2D eigenvalue weighted by atomic mass is 32.2. The van der Waals surface area contributed by atoms with Gasteiger partial charge in [-0.05, 0) is 25.7 Å². The first-order valence-corrected chi connectivity index (χ1v) is 8.43. The smallest absolute Gasteiger partial charge is 0.0476 e. The van der Waals surface area contributed by atoms with Crippen LogP contribution in [0.4, 0.5) is 0 Å². The van der Waals surface area contributed by atoms with Crippen LogP contribution in [0.5, 0.6) is 0 Å². The maximum atomic E-state index is 5.39. The maximum absolute atomic E-state index is 5.39. The molecule has 0 bridgehead atoms. The molecule has 2 fully saturated rings. The van der Waals surface area contributed by atoms with Gasteiger partial charge in [0.15, 0.2) is 0 Å². The molecule has 0 aromatic rings. The zero-order valence-electron chi connectivity index (χ0n) is 11.0. The lowest BCUT2D eigenvalue weighted by Crippen LogP contribution is -2.31. The Morgan fingerprint density at radius 2 is 1.65 bits per heavy atom. The Morgan fingerprint density at radius 3 is 2.35 bits per heavy atom. The molecule has 1 N–H and O–H groups in total. The van der Waals surface area contributed by atoms with E-state index < -0.39 is 0 Å². The summed E-state index contributed by atoms with van der Waals surface area (Å²) < 4.78 is 5.39. The molecule has 0 radical (unpaired) electrons. The predicted molar refractivity (Wildman–Crippen MR) is 75.8 cm³/mol. The molecule has 2 nitrogen and oxygen atoms in total. The Labute approximate surface area is 110 Å². The third kappa shape index (κ3) is 5.62. The fourth-order valence-corrected chi connectivity index (χ4v) is 3.91. The molecule has 1 saturated heterocycles. The average molecular weight is 257 g/mol. The van der Waals surface area contributed by atoms with Gasteiger partial charge in [0.25, 0.3) is 0 Å². The van der Waals surface area contributed by atoms with Gasteiger partial charge in [-0.25, -0.2) is 0 Å². The van der Waals surface area contributed by atoms with Crippen molar-refractivity contribution in [1.82, 2.24) is 5.32 Å². The fraction of sp³-hybridized carbons (Fsp3) is 1.00. The molecule has 1 aliphatic heterocycles. The van der Waals surface area contributed by atoms with Crippen LogP contribution in [0.15, 0.2) is 0 Å². The van der Waals surface area contributed by atoms with Gasteiger partial charge in [0.05, 0.1) is 0 Å². The largest absolute Gasteiger partial charge is 0.381 e. The first-order valence-electron chi connectivity index (χ1n) is 7.38. The minimum Gasteiger partial charge on any atom is -0.381 e. The Bertz CT molecular complexity index is 187. The molecule has 1 saturated carbocycles. The van der Waals surface area contributed by atoms with Gasteiger partial charge in [0, 0.05) is 36.8 Å². The quantitative estimate of drug-likeness (QED) is 0.603. The zero-order chi connectivity index (χ0) is 11.8. The van der Waals surface area contributed by atoms with E-state index in [-0.39, 0.29) is 0 Å². The second-order valence-electron chi connectivity index (χ2n) is 5.33. The first kappa shape index (κ1) is 13.7. The van der Waals surface area contributed by atoms with Crippen LogP contribution in [0.1, 0.15) is 51.4 Å². The lowest BCUT2D eigenvalue weighted by molar-refractivity contribution is 0.100. The summed E-state index contributed by atoms with van der Waals surface area (Å²) in [5, 5.41) is 4.61. The van der Waals surface area contributed by atoms with Gasteiger partial charge in [0.1, 0.15) is 0 Å². The van der Waals surface area contributed by atoms with Gasteiger partial charge in [0.2, 0.25) is 0 Å². The molecular weight excluding hydrogens is 230 g/mol. The molecule has 2 rings (SSSR count). The summed E-state index contributed by atoms with van der Waals surface area (Å²) in [5.41, 5.74) is 0. The summed E-state index contributed by atoms with van der Waals surface area (Å²) >= 11 is 2.15. The lowest BCUT2D eigenvalue weighted by Gasteiger charge is -2.22. The molecule has 100 valence electrons. The molecule has 0 unspecified atom stereocenters. The van der Waals surface area contributed by atoms with Crippen LogP contribution in [0.3, 0.4) is 0 Å². The number of hydrogen-bond acceptors (Lipinski definition) is 3. The SMILES string of the molecule is C1CCCC(NCCSC2CCOCC2)CC1. The van der Waals surface area contributed by atoms with E-state index >= 15 is 0 Å². The summed E-state index contributed by atoms with van der Waals surface area (Å²) in [7, 11) is 0. The van der Waals surface area contributed by atoms with Crippen molar-refractivity contribution in [3.05, 3.63) is 0 Å². The average Bonchev–Trinajstić information content (AvgIpc) is 2.65. The summed E-state index contributed by atoms with van der Waals surface area (Å²) in [6.45, 7) is 3.16. The summed E-state index contributed by atoms with van der Waals surface area (Å²) in [6, 6.07) is 0.813. The van der Waals surface area contributed by atoms with Gasteiger partial charge >= 0.3 is 0 Å². The maximum Gasteiger partial charge on any atom is 0.0476 e. The molecule has 0 atom stereocenters. The third-order valence-electron chi connectivity index (χ3n) is 3.91. The number of ether oxygens (including phenoxy) is 1. The molecule has 0 amide bonds. The van der Waals surface area contributed by atoms with E-state index in [1.54, 1.807) is 0 Å². The Hall–Kier alpha value is 0.270. The number of rotatable bonds is 5. The van der Waals surface area contributed by atoms with Crippen LogP contribution < -0.4 is 5.32 Å². The van der Waals surface area contributed by atoms with Crippen molar-refractivity contribution in [3.8, 4) is 0 Å². The number of hydrogen-bond donors (Lipinski definition) is 1. The highest BCUT2D eigenvalue weighted by molar-refractivity contribution is 7.99. The molecular formula is C14H27NOS. The van der Waals surface area contributed by atoms with E-state index in [0.29, 0.717) is 0 Å². The second kappa shape index (κ2) is 8.39. The first-order chi connectivity index (χ1) is 8.45. The Balaban J connectivity index is 1.49. The molecule has 0 spiro atoms. The van der Waals surface area contributed by atoms with Crippen molar-refractivity contribution in [2.45, 2.75) is 62.7 Å². The summed E-state index contributed by atoms with van der Waals surface area (Å²) in [6.07, 6.45) is 11.1. The van der Waals surface area contributed by atoms with E-state index in [1.165, 1.54) is 63.7 Å². The number of nitrogens with one attached hydrogen (secondary N) is 1. The zero-order valence-corrected chi connectivity index (χ0v) is 11.8. The molecule has 17 heavy (non-hydrogen) atoms. The molecule has 3 heteroatoms. The molecule has 1 heterocycles. The van der Waals surface area contributed by atoms with Crippen molar-refractivity contribution < 1.29 is 4.74 Å². The van der Waals surface area contributed by atoms with E-state index in [1.807, 2.05) is 0 Å². The van der Waals surface area contributed by atoms with Crippen LogP contribution in [-0.4, -0.2) is 36.8 Å². The summed E-state index contributed by atoms with van der Waals surface area (Å²) in [4.78, 5) is 0. The van der Waals surface area contributed by atoms with Crippen molar-refractivity contribution >= 4 is 11.8 Å². The Kier molecular flexibility index (Phi) is 6.76. The normalized spacial score (nSPS) is 24.7. The molecule has 0 aromatic heterocycles. The monoisotopic (exact) mass is 257 g/mol. The van der Waals surface area contributed by atoms with Gasteiger partial charge in [-0.2, -0.15) is 11.8 Å². The van der Waals surface area contributed by atoms with Crippen molar-refractivity contribution in [2.75, 3.05) is 25.5 Å². The van der Waals surface area contributed by atoms with Crippen LogP contribution in [0.2, 0.25) is 0 Å². The minimum absolute atomic E-state index is 0.813. The standard InChI is InChI=1S/C14H27NOS/c1-2-4-6-13(5-3-1)15-9-12-17-14-7-10-16-11-8-14/h13-15H,1-12H2. The highest BCUT2D eigenvalue weighted by Crippen LogP contribution is 2.22. The van der Waals surface area contributed by atoms with Crippen LogP contribution in [0, 0.1) is 0 Å².